The van der Waals surface area contributed by atoms with Gasteiger partial charge < -0.3 is 18.9 Å². The molecule has 2 heterocycles. The number of nitrogens with zero attached hydrogens (tertiary/aromatic N) is 1. The van der Waals surface area contributed by atoms with Crippen molar-refractivity contribution in [2.75, 3.05) is 26.8 Å². The first-order valence-corrected chi connectivity index (χ1v) is 8.28. The quantitative estimate of drug-likeness (QED) is 0.823. The van der Waals surface area contributed by atoms with Gasteiger partial charge in [-0.05, 0) is 18.6 Å². The largest absolute Gasteiger partial charge is 0.491 e. The highest BCUT2D eigenvalue weighted by atomic mass is 16.5. The number of H-pyrrole nitrogens is 1. The Morgan fingerprint density at radius 2 is 2.16 bits per heavy atom. The lowest BCUT2D eigenvalue weighted by Gasteiger charge is -2.27. The van der Waals surface area contributed by atoms with Crippen LogP contribution in [0.25, 0.3) is 0 Å². The van der Waals surface area contributed by atoms with Gasteiger partial charge in [-0.15, -0.1) is 0 Å². The number of hydrogen-bond donors (Lipinski definition) is 1. The maximum atomic E-state index is 12.4. The molecule has 1 aromatic heterocycles. The number of para-hydroxylation sites is 1. The molecule has 7 nitrogen and oxygen atoms in total. The van der Waals surface area contributed by atoms with E-state index in [-0.39, 0.29) is 11.5 Å². The number of rotatable bonds is 7. The summed E-state index contributed by atoms with van der Waals surface area (Å²) in [7, 11) is 1.65. The lowest BCUT2D eigenvalue weighted by atomic mass is 10.0. The zero-order chi connectivity index (χ0) is 17.7. The molecule has 1 amide bonds. The van der Waals surface area contributed by atoms with Crippen LogP contribution in [0.1, 0.15) is 18.6 Å². The van der Waals surface area contributed by atoms with Crippen molar-refractivity contribution in [3.8, 4) is 5.75 Å². The van der Waals surface area contributed by atoms with Gasteiger partial charge in [0, 0.05) is 32.6 Å². The highest BCUT2D eigenvalue weighted by Crippen LogP contribution is 2.27. The molecule has 1 aliphatic heterocycles. The molecule has 0 bridgehead atoms. The van der Waals surface area contributed by atoms with Gasteiger partial charge >= 0.3 is 0 Å². The Kier molecular flexibility index (Phi) is 5.23. The van der Waals surface area contributed by atoms with Crippen LogP contribution < -0.4 is 10.3 Å². The van der Waals surface area contributed by atoms with E-state index in [1.807, 2.05) is 30.3 Å². The van der Waals surface area contributed by atoms with Crippen LogP contribution >= 0.6 is 0 Å². The Bertz CT molecular complexity index is 754. The van der Waals surface area contributed by atoms with Gasteiger partial charge in [-0.1, -0.05) is 18.2 Å². The van der Waals surface area contributed by atoms with Crippen LogP contribution in [0.3, 0.4) is 0 Å². The summed E-state index contributed by atoms with van der Waals surface area (Å²) in [5, 5.41) is 2.22. The van der Waals surface area contributed by atoms with Crippen LogP contribution in [-0.2, 0) is 16.0 Å². The van der Waals surface area contributed by atoms with Gasteiger partial charge in [-0.2, -0.15) is 5.16 Å². The third kappa shape index (κ3) is 4.30. The van der Waals surface area contributed by atoms with Gasteiger partial charge in [-0.3, -0.25) is 9.59 Å². The highest BCUT2D eigenvalue weighted by Gasteiger charge is 2.41. The van der Waals surface area contributed by atoms with Gasteiger partial charge in [0.05, 0.1) is 6.54 Å². The van der Waals surface area contributed by atoms with E-state index in [1.54, 1.807) is 12.0 Å². The molecule has 1 aliphatic rings. The summed E-state index contributed by atoms with van der Waals surface area (Å²) < 4.78 is 16.5. The van der Waals surface area contributed by atoms with Crippen LogP contribution in [0.4, 0.5) is 0 Å². The number of ether oxygens (including phenoxy) is 2. The third-order valence-electron chi connectivity index (χ3n) is 4.51. The standard InChI is InChI=1S/C18H22N2O5/c1-23-18(13-24-14-5-3-2-4-6-14)9-10-20(12-18)17(22)8-7-15-11-16(21)19-25-15/h2-6,11H,7-10,12-13H2,1H3,(H,19,21)/t18-/m1/s1. The van der Waals surface area contributed by atoms with E-state index < -0.39 is 5.60 Å². The Morgan fingerprint density at radius 1 is 1.36 bits per heavy atom. The molecule has 2 aromatic rings. The van der Waals surface area contributed by atoms with E-state index in [0.29, 0.717) is 38.3 Å². The number of methoxy groups -OCH3 is 1. The molecule has 1 N–H and O–H groups in total. The van der Waals surface area contributed by atoms with E-state index in [9.17, 15) is 9.59 Å². The number of aromatic amines is 1. The highest BCUT2D eigenvalue weighted by molar-refractivity contribution is 5.76. The third-order valence-corrected chi connectivity index (χ3v) is 4.51. The number of aryl methyl sites for hydroxylation is 1. The Labute approximate surface area is 145 Å². The molecule has 0 radical (unpaired) electrons. The minimum absolute atomic E-state index is 0.0162. The van der Waals surface area contributed by atoms with Gasteiger partial charge in [0.1, 0.15) is 23.7 Å². The zero-order valence-corrected chi connectivity index (χ0v) is 14.2. The SMILES string of the molecule is CO[C@]1(COc2ccccc2)CCN(C(=O)CCc2cc(=O)[nH]o2)C1. The minimum atomic E-state index is -0.494. The summed E-state index contributed by atoms with van der Waals surface area (Å²) in [4.78, 5) is 25.2. The maximum absolute atomic E-state index is 12.4. The van der Waals surface area contributed by atoms with Crippen molar-refractivity contribution in [1.82, 2.24) is 10.1 Å². The van der Waals surface area contributed by atoms with E-state index >= 15 is 0 Å². The number of nitrogens with one attached hydrogen (secondary N) is 1. The second-order valence-electron chi connectivity index (χ2n) is 6.23. The predicted molar refractivity (Wildman–Crippen MR) is 90.5 cm³/mol. The van der Waals surface area contributed by atoms with Crippen molar-refractivity contribution in [3.05, 3.63) is 52.5 Å². The van der Waals surface area contributed by atoms with Crippen molar-refractivity contribution < 1.29 is 18.8 Å². The molecule has 3 rings (SSSR count). The molecule has 0 unspecified atom stereocenters. The lowest BCUT2D eigenvalue weighted by Crippen LogP contribution is -2.42. The zero-order valence-electron chi connectivity index (χ0n) is 14.2. The van der Waals surface area contributed by atoms with Crippen molar-refractivity contribution in [2.45, 2.75) is 24.9 Å². The van der Waals surface area contributed by atoms with Crippen LogP contribution in [0.15, 0.2) is 45.7 Å². The summed E-state index contributed by atoms with van der Waals surface area (Å²) in [5.74, 6) is 1.29. The van der Waals surface area contributed by atoms with Crippen molar-refractivity contribution >= 4 is 5.91 Å². The average Bonchev–Trinajstić information content (AvgIpc) is 3.26. The maximum Gasteiger partial charge on any atom is 0.280 e. The first kappa shape index (κ1) is 17.3. The van der Waals surface area contributed by atoms with E-state index in [1.165, 1.54) is 6.07 Å². The summed E-state index contributed by atoms with van der Waals surface area (Å²) in [6, 6.07) is 10.9. The molecule has 1 atom stereocenters. The van der Waals surface area contributed by atoms with Crippen molar-refractivity contribution in [3.63, 3.8) is 0 Å². The number of carbonyl (C=O) groups excluding carboxylic acids is 1. The van der Waals surface area contributed by atoms with Crippen LogP contribution in [0.5, 0.6) is 5.75 Å². The lowest BCUT2D eigenvalue weighted by molar-refractivity contribution is -0.131. The Balaban J connectivity index is 1.52. The van der Waals surface area contributed by atoms with Crippen LogP contribution in [0, 0.1) is 0 Å². The average molecular weight is 346 g/mol. The van der Waals surface area contributed by atoms with Gasteiger partial charge in [0.15, 0.2) is 0 Å². The molecule has 25 heavy (non-hydrogen) atoms. The Hall–Kier alpha value is -2.54. The molecule has 0 saturated carbocycles. The number of hydrogen-bond acceptors (Lipinski definition) is 5. The van der Waals surface area contributed by atoms with Crippen LogP contribution in [0.2, 0.25) is 0 Å². The molecule has 1 fully saturated rings. The summed E-state index contributed by atoms with van der Waals surface area (Å²) >= 11 is 0. The fourth-order valence-corrected chi connectivity index (χ4v) is 2.96. The predicted octanol–water partition coefficient (Wildman–Crippen LogP) is 1.60. The number of amides is 1. The molecular weight excluding hydrogens is 324 g/mol. The molecular formula is C18H22N2O5. The minimum Gasteiger partial charge on any atom is -0.491 e. The molecule has 0 spiro atoms. The van der Waals surface area contributed by atoms with E-state index in [2.05, 4.69) is 5.16 Å². The fraction of sp³-hybridized carbons (Fsp3) is 0.444. The van der Waals surface area contributed by atoms with Crippen LogP contribution in [-0.4, -0.2) is 48.4 Å². The molecule has 134 valence electrons. The molecule has 1 aromatic carbocycles. The second-order valence-corrected chi connectivity index (χ2v) is 6.23. The molecule has 7 heteroatoms. The summed E-state index contributed by atoms with van der Waals surface area (Å²) in [5.41, 5.74) is -0.785. The number of carbonyl (C=O) groups is 1. The van der Waals surface area contributed by atoms with E-state index in [0.717, 1.165) is 12.2 Å². The van der Waals surface area contributed by atoms with Crippen molar-refractivity contribution in [2.24, 2.45) is 0 Å². The number of benzene rings is 1. The molecule has 1 saturated heterocycles. The topological polar surface area (TPSA) is 84.8 Å². The number of likely N-dealkylation sites (tertiary alicyclic amines) is 1. The smallest absolute Gasteiger partial charge is 0.280 e. The van der Waals surface area contributed by atoms with Gasteiger partial charge in [0.25, 0.3) is 5.56 Å². The first-order chi connectivity index (χ1) is 12.1. The van der Waals surface area contributed by atoms with Gasteiger partial charge in [-0.25, -0.2) is 0 Å². The van der Waals surface area contributed by atoms with E-state index in [4.69, 9.17) is 14.0 Å². The normalized spacial score (nSPS) is 20.0. The second kappa shape index (κ2) is 7.57. The monoisotopic (exact) mass is 346 g/mol. The summed E-state index contributed by atoms with van der Waals surface area (Å²) in [6.07, 6.45) is 1.41. The van der Waals surface area contributed by atoms with Gasteiger partial charge in [0.2, 0.25) is 5.91 Å². The Morgan fingerprint density at radius 3 is 2.84 bits per heavy atom. The van der Waals surface area contributed by atoms with Crippen molar-refractivity contribution in [1.29, 1.82) is 0 Å². The molecule has 0 aliphatic carbocycles. The number of aromatic nitrogens is 1. The fourth-order valence-electron chi connectivity index (χ4n) is 2.96. The first-order valence-electron chi connectivity index (χ1n) is 8.28. The summed E-state index contributed by atoms with van der Waals surface area (Å²) in [6.45, 7) is 1.51.